The van der Waals surface area contributed by atoms with Gasteiger partial charge >= 0.3 is 0 Å². The number of aryl methyl sites for hydroxylation is 1. The van der Waals surface area contributed by atoms with Gasteiger partial charge in [0.05, 0.1) is 4.92 Å². The van der Waals surface area contributed by atoms with Crippen LogP contribution in [-0.2, 0) is 4.79 Å². The second kappa shape index (κ2) is 5.26. The van der Waals surface area contributed by atoms with Gasteiger partial charge in [-0.3, -0.25) is 14.9 Å². The highest BCUT2D eigenvalue weighted by molar-refractivity contribution is 5.77. The van der Waals surface area contributed by atoms with Gasteiger partial charge in [0, 0.05) is 43.4 Å². The lowest BCUT2D eigenvalue weighted by Crippen LogP contribution is -2.43. The molecule has 1 aromatic carbocycles. The van der Waals surface area contributed by atoms with Gasteiger partial charge in [-0.05, 0) is 19.4 Å². The van der Waals surface area contributed by atoms with Crippen LogP contribution in [0.2, 0.25) is 0 Å². The molecule has 1 aliphatic heterocycles. The van der Waals surface area contributed by atoms with E-state index in [1.807, 2.05) is 6.07 Å². The molecule has 1 aliphatic rings. The van der Waals surface area contributed by atoms with E-state index >= 15 is 0 Å². The van der Waals surface area contributed by atoms with Crippen LogP contribution >= 0.6 is 0 Å². The molecule has 1 atom stereocenters. The van der Waals surface area contributed by atoms with Crippen LogP contribution in [-0.4, -0.2) is 35.4 Å². The van der Waals surface area contributed by atoms with Crippen LogP contribution in [0.1, 0.15) is 18.4 Å². The molecule has 2 rings (SSSR count). The number of nitro benzene ring substituents is 1. The summed E-state index contributed by atoms with van der Waals surface area (Å²) in [5, 5.41) is 14.1. The summed E-state index contributed by atoms with van der Waals surface area (Å²) in [6, 6.07) is 5.26. The minimum Gasteiger partial charge on any atom is -0.380 e. The quantitative estimate of drug-likeness (QED) is 0.668. The van der Waals surface area contributed by atoms with Gasteiger partial charge in [-0.25, -0.2) is 0 Å². The Bertz CT molecular complexity index is 516. The van der Waals surface area contributed by atoms with E-state index in [0.29, 0.717) is 18.5 Å². The Balaban J connectivity index is 2.09. The maximum Gasteiger partial charge on any atom is 0.274 e. The predicted molar refractivity (Wildman–Crippen MR) is 72.1 cm³/mol. The smallest absolute Gasteiger partial charge is 0.274 e. The lowest BCUT2D eigenvalue weighted by atomic mass is 10.0. The summed E-state index contributed by atoms with van der Waals surface area (Å²) >= 11 is 0. The topological polar surface area (TPSA) is 75.5 Å². The molecule has 0 spiro atoms. The number of likely N-dealkylation sites (N-methyl/N-ethyl adjacent to an activating group) is 1. The molecule has 6 heteroatoms. The summed E-state index contributed by atoms with van der Waals surface area (Å²) in [5.74, 6) is 0.146. The van der Waals surface area contributed by atoms with Crippen LogP contribution < -0.4 is 5.32 Å². The van der Waals surface area contributed by atoms with Crippen LogP contribution in [0.5, 0.6) is 0 Å². The van der Waals surface area contributed by atoms with Crippen molar-refractivity contribution in [3.05, 3.63) is 33.9 Å². The zero-order chi connectivity index (χ0) is 14.0. The SMILES string of the molecule is Cc1ccc(NC2CCC(=O)N(C)C2)cc1[N+](=O)[O-]. The average molecular weight is 263 g/mol. The fourth-order valence-corrected chi connectivity index (χ4v) is 2.26. The molecule has 0 aromatic heterocycles. The van der Waals surface area contributed by atoms with Crippen molar-refractivity contribution in [1.29, 1.82) is 0 Å². The fourth-order valence-electron chi connectivity index (χ4n) is 2.26. The molecule has 1 aromatic rings. The maximum atomic E-state index is 11.4. The number of piperidine rings is 1. The minimum atomic E-state index is -0.378. The van der Waals surface area contributed by atoms with Crippen molar-refractivity contribution in [3.8, 4) is 0 Å². The number of rotatable bonds is 3. The minimum absolute atomic E-state index is 0.116. The van der Waals surface area contributed by atoms with Gasteiger partial charge in [-0.2, -0.15) is 0 Å². The van der Waals surface area contributed by atoms with Crippen molar-refractivity contribution >= 4 is 17.3 Å². The molecule has 6 nitrogen and oxygen atoms in total. The summed E-state index contributed by atoms with van der Waals surface area (Å²) < 4.78 is 0. The Morgan fingerprint density at radius 3 is 2.84 bits per heavy atom. The van der Waals surface area contributed by atoms with E-state index in [4.69, 9.17) is 0 Å². The molecule has 1 amide bonds. The predicted octanol–water partition coefficient (Wildman–Crippen LogP) is 1.94. The summed E-state index contributed by atoms with van der Waals surface area (Å²) in [6.45, 7) is 2.34. The van der Waals surface area contributed by atoms with Gasteiger partial charge < -0.3 is 10.2 Å². The van der Waals surface area contributed by atoms with Crippen molar-refractivity contribution < 1.29 is 9.72 Å². The number of carbonyl (C=O) groups is 1. The van der Waals surface area contributed by atoms with Crippen molar-refractivity contribution in [3.63, 3.8) is 0 Å². The third-order valence-corrected chi connectivity index (χ3v) is 3.40. The Morgan fingerprint density at radius 1 is 1.47 bits per heavy atom. The number of anilines is 1. The molecule has 102 valence electrons. The van der Waals surface area contributed by atoms with Crippen LogP contribution in [0, 0.1) is 17.0 Å². The van der Waals surface area contributed by atoms with Gasteiger partial charge in [-0.1, -0.05) is 6.07 Å². The van der Waals surface area contributed by atoms with Crippen molar-refractivity contribution in [2.24, 2.45) is 0 Å². The normalized spacial score (nSPS) is 19.4. The maximum absolute atomic E-state index is 11.4. The molecule has 0 bridgehead atoms. The molecule has 0 aliphatic carbocycles. The Hall–Kier alpha value is -2.11. The van der Waals surface area contributed by atoms with E-state index in [0.717, 1.165) is 12.1 Å². The van der Waals surface area contributed by atoms with Crippen molar-refractivity contribution in [1.82, 2.24) is 4.90 Å². The Labute approximate surface area is 111 Å². The van der Waals surface area contributed by atoms with Gasteiger partial charge in [0.2, 0.25) is 5.91 Å². The monoisotopic (exact) mass is 263 g/mol. The second-order valence-corrected chi connectivity index (χ2v) is 4.91. The first kappa shape index (κ1) is 13.3. The van der Waals surface area contributed by atoms with E-state index < -0.39 is 0 Å². The summed E-state index contributed by atoms with van der Waals surface area (Å²) in [6.07, 6.45) is 1.27. The van der Waals surface area contributed by atoms with Crippen LogP contribution in [0.15, 0.2) is 18.2 Å². The van der Waals surface area contributed by atoms with Crippen LogP contribution in [0.4, 0.5) is 11.4 Å². The first-order chi connectivity index (χ1) is 8.97. The number of nitro groups is 1. The summed E-state index contributed by atoms with van der Waals surface area (Å²) in [7, 11) is 1.77. The number of nitrogens with one attached hydrogen (secondary N) is 1. The summed E-state index contributed by atoms with van der Waals surface area (Å²) in [4.78, 5) is 23.6. The molecular weight excluding hydrogens is 246 g/mol. The first-order valence-corrected chi connectivity index (χ1v) is 6.23. The molecule has 1 saturated heterocycles. The van der Waals surface area contributed by atoms with E-state index in [1.54, 1.807) is 31.0 Å². The van der Waals surface area contributed by atoms with Crippen molar-refractivity contribution in [2.75, 3.05) is 18.9 Å². The fraction of sp³-hybridized carbons (Fsp3) is 0.462. The Kier molecular flexibility index (Phi) is 3.69. The zero-order valence-electron chi connectivity index (χ0n) is 11.0. The number of hydrogen-bond donors (Lipinski definition) is 1. The van der Waals surface area contributed by atoms with Crippen molar-refractivity contribution in [2.45, 2.75) is 25.8 Å². The van der Waals surface area contributed by atoms with Gasteiger partial charge in [0.25, 0.3) is 5.69 Å². The standard InChI is InChI=1S/C13H17N3O3/c1-9-3-4-10(7-12(9)16(18)19)14-11-5-6-13(17)15(2)8-11/h3-4,7,11,14H,5-6,8H2,1-2H3. The molecule has 0 saturated carbocycles. The van der Waals surface area contributed by atoms with E-state index in [9.17, 15) is 14.9 Å². The van der Waals surface area contributed by atoms with E-state index in [1.165, 1.54) is 0 Å². The first-order valence-electron chi connectivity index (χ1n) is 6.23. The highest BCUT2D eigenvalue weighted by Crippen LogP contribution is 2.24. The van der Waals surface area contributed by atoms with Crippen LogP contribution in [0.3, 0.4) is 0 Å². The number of amides is 1. The number of likely N-dealkylation sites (tertiary alicyclic amines) is 1. The number of nitrogens with zero attached hydrogens (tertiary/aromatic N) is 2. The molecule has 1 fully saturated rings. The van der Waals surface area contributed by atoms with Crippen LogP contribution in [0.25, 0.3) is 0 Å². The average Bonchev–Trinajstić information content (AvgIpc) is 2.36. The van der Waals surface area contributed by atoms with Gasteiger partial charge in [-0.15, -0.1) is 0 Å². The zero-order valence-corrected chi connectivity index (χ0v) is 11.0. The Morgan fingerprint density at radius 2 is 2.21 bits per heavy atom. The van der Waals surface area contributed by atoms with Gasteiger partial charge in [0.1, 0.15) is 0 Å². The van der Waals surface area contributed by atoms with E-state index in [-0.39, 0.29) is 22.6 Å². The van der Waals surface area contributed by atoms with E-state index in [2.05, 4.69) is 5.32 Å². The van der Waals surface area contributed by atoms with Gasteiger partial charge in [0.15, 0.2) is 0 Å². The molecule has 1 N–H and O–H groups in total. The second-order valence-electron chi connectivity index (χ2n) is 4.91. The number of benzene rings is 1. The molecule has 0 radical (unpaired) electrons. The molecule has 1 unspecified atom stereocenters. The summed E-state index contributed by atoms with van der Waals surface area (Å²) in [5.41, 5.74) is 1.49. The molecule has 19 heavy (non-hydrogen) atoms. The highest BCUT2D eigenvalue weighted by Gasteiger charge is 2.23. The molecular formula is C13H17N3O3. The lowest BCUT2D eigenvalue weighted by molar-refractivity contribution is -0.385. The number of carbonyl (C=O) groups excluding carboxylic acids is 1. The molecule has 1 heterocycles. The largest absolute Gasteiger partial charge is 0.380 e. The highest BCUT2D eigenvalue weighted by atomic mass is 16.6. The third kappa shape index (κ3) is 3.01. The third-order valence-electron chi connectivity index (χ3n) is 3.40. The number of hydrogen-bond acceptors (Lipinski definition) is 4. The lowest BCUT2D eigenvalue weighted by Gasteiger charge is -2.30.